The average Bonchev–Trinajstić information content (AvgIpc) is 3.20. The maximum Gasteiger partial charge on any atom is 0.261 e. The van der Waals surface area contributed by atoms with Crippen molar-refractivity contribution in [1.82, 2.24) is 18.8 Å². The number of rotatable bonds is 7. The lowest BCUT2D eigenvalue weighted by molar-refractivity contribution is -0.0720. The summed E-state index contributed by atoms with van der Waals surface area (Å²) in [6.45, 7) is 5.11. The summed E-state index contributed by atoms with van der Waals surface area (Å²) in [5.41, 5.74) is 1.89. The van der Waals surface area contributed by atoms with Gasteiger partial charge in [-0.1, -0.05) is 0 Å². The van der Waals surface area contributed by atoms with E-state index in [1.807, 2.05) is 13.0 Å². The topological polar surface area (TPSA) is 107 Å². The lowest BCUT2D eigenvalue weighted by atomic mass is 10.1. The first-order valence-corrected chi connectivity index (χ1v) is 13.6. The third-order valence-electron chi connectivity index (χ3n) is 6.75. The Hall–Kier alpha value is -2.73. The van der Waals surface area contributed by atoms with Gasteiger partial charge in [0.2, 0.25) is 10.0 Å². The van der Waals surface area contributed by atoms with Crippen molar-refractivity contribution in [1.29, 1.82) is 0 Å². The van der Waals surface area contributed by atoms with Crippen LogP contribution in [-0.2, 0) is 28.4 Å². The molecule has 5 heterocycles. The number of ether oxygens (including phenoxy) is 2. The van der Waals surface area contributed by atoms with E-state index in [-0.39, 0.29) is 17.7 Å². The molecule has 5 rings (SSSR count). The molecule has 3 aromatic rings. The predicted molar refractivity (Wildman–Crippen MR) is 131 cm³/mol. The van der Waals surface area contributed by atoms with Crippen LogP contribution in [0.2, 0.25) is 0 Å². The molecule has 35 heavy (non-hydrogen) atoms. The Balaban J connectivity index is 1.45. The largest absolute Gasteiger partial charge is 0.489 e. The highest BCUT2D eigenvalue weighted by Gasteiger charge is 2.29. The summed E-state index contributed by atoms with van der Waals surface area (Å²) in [5, 5.41) is 0.493. The molecule has 0 radical (unpaired) electrons. The second kappa shape index (κ2) is 9.38. The normalized spacial score (nSPS) is 21.8. The first kappa shape index (κ1) is 24.0. The van der Waals surface area contributed by atoms with E-state index in [2.05, 4.69) is 9.88 Å². The van der Waals surface area contributed by atoms with Gasteiger partial charge < -0.3 is 18.5 Å². The number of hydrogen-bond donors (Lipinski definition) is 0. The van der Waals surface area contributed by atoms with Gasteiger partial charge in [-0.15, -0.1) is 0 Å². The third-order valence-corrected chi connectivity index (χ3v) is 8.02. The second-order valence-corrected chi connectivity index (χ2v) is 11.3. The molecule has 188 valence electrons. The molecule has 2 fully saturated rings. The van der Waals surface area contributed by atoms with Gasteiger partial charge in [0, 0.05) is 69.3 Å². The summed E-state index contributed by atoms with van der Waals surface area (Å²) in [4.78, 5) is 19.3. The number of aromatic nitrogens is 2. The number of nitrogens with zero attached hydrogens (tertiary/aromatic N) is 4. The standard InChI is InChI=1S/C24H30N4O6S/c1-16-12-28(35(3,30)31)8-7-27(16)13-18-10-20-23(34-18)21(14-26(2)24(20)29)19-4-6-25-11-22(19)33-15-17-5-9-32-17/h4,6,10-11,14,16-17H,5,7-9,12-13,15H2,1-3H3/t16-,17?/m1/s1. The van der Waals surface area contributed by atoms with Crippen LogP contribution < -0.4 is 10.3 Å². The van der Waals surface area contributed by atoms with E-state index in [9.17, 15) is 13.2 Å². The Morgan fingerprint density at radius 2 is 2.06 bits per heavy atom. The number of aryl methyl sites for hydroxylation is 1. The molecule has 0 bridgehead atoms. The molecule has 2 atom stereocenters. The first-order valence-electron chi connectivity index (χ1n) is 11.7. The van der Waals surface area contributed by atoms with Gasteiger partial charge in [0.25, 0.3) is 5.56 Å². The third kappa shape index (κ3) is 4.86. The zero-order chi connectivity index (χ0) is 24.7. The summed E-state index contributed by atoms with van der Waals surface area (Å²) >= 11 is 0. The Kier molecular flexibility index (Phi) is 6.43. The summed E-state index contributed by atoms with van der Waals surface area (Å²) < 4.78 is 44.6. The van der Waals surface area contributed by atoms with Crippen molar-refractivity contribution in [3.05, 3.63) is 46.8 Å². The smallest absolute Gasteiger partial charge is 0.261 e. The van der Waals surface area contributed by atoms with Gasteiger partial charge in [0.05, 0.1) is 30.5 Å². The Labute approximate surface area is 204 Å². The molecule has 0 aliphatic carbocycles. The van der Waals surface area contributed by atoms with Crippen LogP contribution in [0.25, 0.3) is 22.1 Å². The zero-order valence-electron chi connectivity index (χ0n) is 20.1. The van der Waals surface area contributed by atoms with Gasteiger partial charge in [0.1, 0.15) is 23.7 Å². The fourth-order valence-electron chi connectivity index (χ4n) is 4.59. The maximum atomic E-state index is 12.9. The van der Waals surface area contributed by atoms with Crippen LogP contribution in [0.4, 0.5) is 0 Å². The minimum Gasteiger partial charge on any atom is -0.489 e. The molecule has 10 nitrogen and oxygen atoms in total. The number of furan rings is 1. The van der Waals surface area contributed by atoms with Gasteiger partial charge >= 0.3 is 0 Å². The summed E-state index contributed by atoms with van der Waals surface area (Å²) in [6, 6.07) is 3.66. The van der Waals surface area contributed by atoms with Gasteiger partial charge in [-0.3, -0.25) is 14.7 Å². The van der Waals surface area contributed by atoms with E-state index < -0.39 is 10.0 Å². The number of hydrogen-bond acceptors (Lipinski definition) is 8. The van der Waals surface area contributed by atoms with Crippen molar-refractivity contribution in [2.75, 3.05) is 39.1 Å². The molecular weight excluding hydrogens is 472 g/mol. The van der Waals surface area contributed by atoms with Crippen molar-refractivity contribution in [2.24, 2.45) is 7.05 Å². The van der Waals surface area contributed by atoms with E-state index >= 15 is 0 Å². The minimum atomic E-state index is -3.22. The lowest BCUT2D eigenvalue weighted by Crippen LogP contribution is -2.52. The van der Waals surface area contributed by atoms with Crippen LogP contribution >= 0.6 is 0 Å². The lowest BCUT2D eigenvalue weighted by Gasteiger charge is -2.38. The Morgan fingerprint density at radius 3 is 2.74 bits per heavy atom. The minimum absolute atomic E-state index is 0.0166. The number of pyridine rings is 2. The van der Waals surface area contributed by atoms with Crippen LogP contribution in [0.1, 0.15) is 19.1 Å². The zero-order valence-corrected chi connectivity index (χ0v) is 21.0. The van der Waals surface area contributed by atoms with Crippen molar-refractivity contribution < 1.29 is 22.3 Å². The monoisotopic (exact) mass is 502 g/mol. The van der Waals surface area contributed by atoms with Gasteiger partial charge in [-0.05, 0) is 19.1 Å². The Morgan fingerprint density at radius 1 is 1.26 bits per heavy atom. The van der Waals surface area contributed by atoms with E-state index in [1.54, 1.807) is 36.3 Å². The number of sulfonamides is 1. The van der Waals surface area contributed by atoms with E-state index in [4.69, 9.17) is 13.9 Å². The van der Waals surface area contributed by atoms with Gasteiger partial charge in [0.15, 0.2) is 0 Å². The van der Waals surface area contributed by atoms with E-state index in [1.165, 1.54) is 10.6 Å². The fourth-order valence-corrected chi connectivity index (χ4v) is 5.49. The highest BCUT2D eigenvalue weighted by Crippen LogP contribution is 2.35. The van der Waals surface area contributed by atoms with Gasteiger partial charge in [-0.2, -0.15) is 4.31 Å². The summed E-state index contributed by atoms with van der Waals surface area (Å²) in [5.74, 6) is 1.26. The molecule has 0 N–H and O–H groups in total. The van der Waals surface area contributed by atoms with Crippen LogP contribution in [0.3, 0.4) is 0 Å². The number of fused-ring (bicyclic) bond motifs is 1. The van der Waals surface area contributed by atoms with Crippen molar-refractivity contribution >= 4 is 21.0 Å². The Bertz CT molecular complexity index is 1390. The molecule has 11 heteroatoms. The average molecular weight is 503 g/mol. The summed E-state index contributed by atoms with van der Waals surface area (Å²) in [7, 11) is -1.50. The summed E-state index contributed by atoms with van der Waals surface area (Å²) in [6.07, 6.45) is 7.40. The molecule has 2 aliphatic heterocycles. The molecule has 0 spiro atoms. The SMILES string of the molecule is C[C@@H]1CN(S(C)(=O)=O)CCN1Cc1cc2c(=O)n(C)cc(-c3ccncc3OCC3CCO3)c2o1. The quantitative estimate of drug-likeness (QED) is 0.482. The van der Waals surface area contributed by atoms with Crippen molar-refractivity contribution in [2.45, 2.75) is 32.0 Å². The highest BCUT2D eigenvalue weighted by atomic mass is 32.2. The van der Waals surface area contributed by atoms with E-state index in [0.29, 0.717) is 55.3 Å². The second-order valence-electron chi connectivity index (χ2n) is 9.32. The van der Waals surface area contributed by atoms with Crippen LogP contribution in [0, 0.1) is 0 Å². The molecule has 1 unspecified atom stereocenters. The maximum absolute atomic E-state index is 12.9. The number of piperazine rings is 1. The molecule has 3 aromatic heterocycles. The fraction of sp³-hybridized carbons (Fsp3) is 0.500. The van der Waals surface area contributed by atoms with Crippen LogP contribution in [-0.4, -0.2) is 78.4 Å². The predicted octanol–water partition coefficient (Wildman–Crippen LogP) is 1.83. The molecule has 0 saturated carbocycles. The first-order chi connectivity index (χ1) is 16.7. The van der Waals surface area contributed by atoms with Crippen LogP contribution in [0.5, 0.6) is 5.75 Å². The molecule has 2 aliphatic rings. The van der Waals surface area contributed by atoms with Crippen LogP contribution in [0.15, 0.2) is 39.9 Å². The van der Waals surface area contributed by atoms with Crippen molar-refractivity contribution in [3.8, 4) is 16.9 Å². The molecule has 0 amide bonds. The molecular formula is C24H30N4O6S. The molecule has 0 aromatic carbocycles. The highest BCUT2D eigenvalue weighted by molar-refractivity contribution is 7.88. The van der Waals surface area contributed by atoms with Gasteiger partial charge in [-0.25, -0.2) is 8.42 Å². The van der Waals surface area contributed by atoms with Crippen molar-refractivity contribution in [3.63, 3.8) is 0 Å². The molecule has 2 saturated heterocycles. The van der Waals surface area contributed by atoms with E-state index in [0.717, 1.165) is 24.2 Å².